The number of halogens is 1. The van der Waals surface area contributed by atoms with Gasteiger partial charge < -0.3 is 29.3 Å². The minimum atomic E-state index is -0.770. The molecule has 0 aromatic heterocycles. The zero-order chi connectivity index (χ0) is 52.3. The van der Waals surface area contributed by atoms with E-state index in [1.165, 1.54) is 87.6 Å². The van der Waals surface area contributed by atoms with Crippen LogP contribution < -0.4 is 5.32 Å². The molecule has 0 spiro atoms. The molecule has 10 heteroatoms. The Labute approximate surface area is 456 Å². The van der Waals surface area contributed by atoms with Gasteiger partial charge in [0.25, 0.3) is 0 Å². The van der Waals surface area contributed by atoms with Crippen molar-refractivity contribution in [1.82, 2.24) is 15.1 Å². The minimum Gasteiger partial charge on any atom is -0.449 e. The summed E-state index contributed by atoms with van der Waals surface area (Å²) < 4.78 is 15.5. The van der Waals surface area contributed by atoms with Gasteiger partial charge in [0, 0.05) is 37.8 Å². The molecule has 3 unspecified atom stereocenters. The van der Waals surface area contributed by atoms with Crippen molar-refractivity contribution < 1.29 is 28.6 Å². The van der Waals surface area contributed by atoms with E-state index in [0.717, 1.165) is 72.5 Å². The highest BCUT2D eigenvalue weighted by Gasteiger charge is 2.44. The summed E-state index contributed by atoms with van der Waals surface area (Å²) in [5.74, 6) is 7.05. The second-order valence-corrected chi connectivity index (χ2v) is 22.5. The van der Waals surface area contributed by atoms with Gasteiger partial charge in [-0.3, -0.25) is 0 Å². The van der Waals surface area contributed by atoms with E-state index in [4.69, 9.17) is 21.1 Å². The zero-order valence-corrected chi connectivity index (χ0v) is 44.7. The molecule has 3 aliphatic heterocycles. The lowest BCUT2D eigenvalue weighted by Gasteiger charge is -2.19. The Kier molecular flexibility index (Phi) is 20.1. The summed E-state index contributed by atoms with van der Waals surface area (Å²) in [6.45, 7) is 6.97. The van der Waals surface area contributed by atoms with Crippen LogP contribution in [0.2, 0.25) is 0 Å². The number of carbonyl (C=O) groups is 3. The molecule has 0 bridgehead atoms. The first-order chi connectivity index (χ1) is 37.3. The molecule has 12 rings (SSSR count). The van der Waals surface area contributed by atoms with E-state index in [-0.39, 0.29) is 18.8 Å². The maximum Gasteiger partial charge on any atom is 0.410 e. The molecule has 1 N–H and O–H groups in total. The Morgan fingerprint density at radius 1 is 0.368 bits per heavy atom. The molecular formula is C66H76ClN3O6. The van der Waals surface area contributed by atoms with Crippen molar-refractivity contribution in [1.29, 1.82) is 0 Å². The van der Waals surface area contributed by atoms with Crippen molar-refractivity contribution in [2.45, 2.75) is 77.6 Å². The van der Waals surface area contributed by atoms with E-state index >= 15 is 0 Å². The SMILES string of the molecule is O=C(Cl)OCc1ccccc1.O=C(OCc1ccccc1)N1C[C@H]2CC(Cc3ccccc3)C[C@H]2C1.O=C(OCc1ccccc1)N1C[C@H]2CC(Cc3ccccc3)C[C@H]2C1.c1ccc(CC2C[C@H]3CNC[C@H]3C2)cc1. The Morgan fingerprint density at radius 3 is 0.895 bits per heavy atom. The van der Waals surface area contributed by atoms with Crippen molar-refractivity contribution in [3.63, 3.8) is 0 Å². The normalized spacial score (nSPS) is 24.5. The minimum absolute atomic E-state index is 0.155. The van der Waals surface area contributed by atoms with Crippen molar-refractivity contribution >= 4 is 29.2 Å². The van der Waals surface area contributed by atoms with E-state index in [9.17, 15) is 14.4 Å². The van der Waals surface area contributed by atoms with Crippen LogP contribution in [0.4, 0.5) is 14.4 Å². The van der Waals surface area contributed by atoms with Crippen molar-refractivity contribution in [3.8, 4) is 0 Å². The molecule has 6 fully saturated rings. The standard InChI is InChI=1S/2C22H25NO2.C14H19N.C8H7ClO2/c2*24-22(25-16-18-9-5-2-6-10-18)23-14-20-12-19(13-21(20)15-23)11-17-7-3-1-4-8-17;1-2-4-11(5-3-1)6-12-7-13-9-15-10-14(13)8-12;9-8(10)11-6-7-4-2-1-3-5-7/h2*1-10,19-21H,11-16H2;1-5,12-15H,6-10H2;1-5H,6H2/t2*19?,20-,21+;12?,13-,14+;. The fraction of sp³-hybridized carbons (Fsp3) is 0.409. The molecule has 3 saturated carbocycles. The van der Waals surface area contributed by atoms with Gasteiger partial charge in [-0.2, -0.15) is 0 Å². The third-order valence-corrected chi connectivity index (χ3v) is 16.8. The first kappa shape index (κ1) is 54.4. The summed E-state index contributed by atoms with van der Waals surface area (Å²) in [5.41, 5.74) is 6.64. The average molecular weight is 1040 g/mol. The van der Waals surface area contributed by atoms with Gasteiger partial charge in [-0.15, -0.1) is 0 Å². The van der Waals surface area contributed by atoms with E-state index < -0.39 is 5.43 Å². The van der Waals surface area contributed by atoms with E-state index in [2.05, 4.69) is 101 Å². The van der Waals surface area contributed by atoms with Crippen molar-refractivity contribution in [3.05, 3.63) is 215 Å². The number of ether oxygens (including phenoxy) is 3. The maximum absolute atomic E-state index is 12.3. The summed E-state index contributed by atoms with van der Waals surface area (Å²) in [6.07, 6.45) is 11.2. The number of hydrogen-bond acceptors (Lipinski definition) is 7. The van der Waals surface area contributed by atoms with Crippen LogP contribution in [0.25, 0.3) is 0 Å². The number of nitrogens with zero attached hydrogens (tertiary/aromatic N) is 2. The highest BCUT2D eigenvalue weighted by atomic mass is 35.5. The van der Waals surface area contributed by atoms with E-state index in [1.54, 1.807) is 0 Å². The van der Waals surface area contributed by atoms with Gasteiger partial charge >= 0.3 is 17.6 Å². The molecule has 9 atom stereocenters. The van der Waals surface area contributed by atoms with Crippen LogP contribution >= 0.6 is 11.6 Å². The van der Waals surface area contributed by atoms with Crippen LogP contribution in [0.15, 0.2) is 182 Å². The lowest BCUT2D eigenvalue weighted by atomic mass is 9.96. The third kappa shape index (κ3) is 16.5. The first-order valence-corrected chi connectivity index (χ1v) is 28.2. The van der Waals surface area contributed by atoms with Gasteiger partial charge in [0.15, 0.2) is 0 Å². The molecule has 6 aromatic carbocycles. The van der Waals surface area contributed by atoms with Gasteiger partial charge in [0.2, 0.25) is 0 Å². The number of nitrogens with one attached hydrogen (secondary N) is 1. The topological polar surface area (TPSA) is 97.4 Å². The highest BCUT2D eigenvalue weighted by molar-refractivity contribution is 6.61. The lowest BCUT2D eigenvalue weighted by Crippen LogP contribution is -2.30. The number of fused-ring (bicyclic) bond motifs is 3. The predicted molar refractivity (Wildman–Crippen MR) is 301 cm³/mol. The lowest BCUT2D eigenvalue weighted by molar-refractivity contribution is 0.100. The van der Waals surface area contributed by atoms with Gasteiger partial charge in [0.05, 0.1) is 0 Å². The number of amides is 2. The van der Waals surface area contributed by atoms with Crippen LogP contribution in [0.5, 0.6) is 0 Å². The molecule has 6 aliphatic rings. The first-order valence-electron chi connectivity index (χ1n) is 27.9. The molecule has 3 aliphatic carbocycles. The van der Waals surface area contributed by atoms with Gasteiger partial charge in [-0.05, 0) is 158 Å². The fourth-order valence-corrected chi connectivity index (χ4v) is 13.2. The molecule has 398 valence electrons. The third-order valence-electron chi connectivity index (χ3n) is 16.7. The molecular weight excluding hydrogens is 966 g/mol. The number of rotatable bonds is 12. The van der Waals surface area contributed by atoms with Crippen LogP contribution in [-0.2, 0) is 53.3 Å². The second-order valence-electron chi connectivity index (χ2n) is 22.2. The largest absolute Gasteiger partial charge is 0.449 e. The highest BCUT2D eigenvalue weighted by Crippen LogP contribution is 2.44. The molecule has 76 heavy (non-hydrogen) atoms. The number of carbonyl (C=O) groups excluding carboxylic acids is 3. The molecule has 2 amide bonds. The Balaban J connectivity index is 0.000000130. The van der Waals surface area contributed by atoms with Gasteiger partial charge in [-0.25, -0.2) is 14.4 Å². The Bertz CT molecular complexity index is 2500. The van der Waals surface area contributed by atoms with Gasteiger partial charge in [-0.1, -0.05) is 182 Å². The summed E-state index contributed by atoms with van der Waals surface area (Å²) in [7, 11) is 0. The molecule has 9 nitrogen and oxygen atoms in total. The van der Waals surface area contributed by atoms with Crippen molar-refractivity contribution in [2.75, 3.05) is 39.3 Å². The Hall–Kier alpha value is -6.42. The molecule has 6 aromatic rings. The summed E-state index contributed by atoms with van der Waals surface area (Å²) >= 11 is 4.97. The predicted octanol–water partition coefficient (Wildman–Crippen LogP) is 14.1. The van der Waals surface area contributed by atoms with Crippen molar-refractivity contribution in [2.24, 2.45) is 53.3 Å². The maximum atomic E-state index is 12.3. The van der Waals surface area contributed by atoms with Crippen LogP contribution in [-0.4, -0.2) is 66.7 Å². The number of likely N-dealkylation sites (tertiary alicyclic amines) is 2. The fourth-order valence-electron chi connectivity index (χ4n) is 13.1. The molecule has 3 saturated heterocycles. The van der Waals surface area contributed by atoms with E-state index in [0.29, 0.717) is 36.9 Å². The monoisotopic (exact) mass is 1040 g/mol. The summed E-state index contributed by atoms with van der Waals surface area (Å²) in [5, 5.41) is 3.51. The average Bonchev–Trinajstić information content (AvgIpc) is 4.34. The quantitative estimate of drug-likeness (QED) is 0.0963. The van der Waals surface area contributed by atoms with Crippen LogP contribution in [0, 0.1) is 53.3 Å². The Morgan fingerprint density at radius 2 is 0.618 bits per heavy atom. The summed E-state index contributed by atoms with van der Waals surface area (Å²) in [4.78, 5) is 38.6. The molecule has 3 heterocycles. The smallest absolute Gasteiger partial charge is 0.410 e. The second kappa shape index (κ2) is 28.1. The van der Waals surface area contributed by atoms with Gasteiger partial charge in [0.1, 0.15) is 19.8 Å². The molecule has 0 radical (unpaired) electrons. The number of benzene rings is 6. The van der Waals surface area contributed by atoms with Crippen LogP contribution in [0.3, 0.4) is 0 Å². The summed E-state index contributed by atoms with van der Waals surface area (Å²) in [6, 6.07) is 61.6. The van der Waals surface area contributed by atoms with E-state index in [1.807, 2.05) is 101 Å². The van der Waals surface area contributed by atoms with Crippen LogP contribution in [0.1, 0.15) is 71.9 Å². The zero-order valence-electron chi connectivity index (χ0n) is 44.0. The number of hydrogen-bond donors (Lipinski definition) is 1.